The Morgan fingerprint density at radius 3 is 2.55 bits per heavy atom. The lowest BCUT2D eigenvalue weighted by Crippen LogP contribution is -2.28. The van der Waals surface area contributed by atoms with E-state index < -0.39 is 0 Å². The number of hydrogen-bond donors (Lipinski definition) is 1. The number of fused-ring (bicyclic) bond motifs is 1. The maximum atomic E-state index is 13.3. The van der Waals surface area contributed by atoms with Crippen LogP contribution in [0.2, 0.25) is 0 Å². The van der Waals surface area contributed by atoms with Crippen molar-refractivity contribution in [3.05, 3.63) is 99.1 Å². The number of benzene rings is 2. The zero-order valence-electron chi connectivity index (χ0n) is 15.7. The van der Waals surface area contributed by atoms with Gasteiger partial charge in [-0.2, -0.15) is 5.10 Å². The lowest BCUT2D eigenvalue weighted by atomic mass is 10.00. The Morgan fingerprint density at radius 2 is 1.86 bits per heavy atom. The van der Waals surface area contributed by atoms with Gasteiger partial charge >= 0.3 is 0 Å². The molecule has 0 saturated carbocycles. The second-order valence-corrected chi connectivity index (χ2v) is 8.18. The maximum absolute atomic E-state index is 13.3. The third-order valence-electron chi connectivity index (χ3n) is 5.27. The number of aromatic amines is 1. The molecule has 0 fully saturated rings. The van der Waals surface area contributed by atoms with Crippen LogP contribution in [0.3, 0.4) is 0 Å². The van der Waals surface area contributed by atoms with Gasteiger partial charge in [-0.25, -0.2) is 4.39 Å². The molecule has 1 N–H and O–H groups in total. The van der Waals surface area contributed by atoms with E-state index in [0.717, 1.165) is 27.3 Å². The van der Waals surface area contributed by atoms with Gasteiger partial charge in [0.25, 0.3) is 5.91 Å². The Balaban J connectivity index is 1.61. The SMILES string of the molecule is Cc1ccc(-c2n[nH]c3c2C(c2cccs2)N(Cc2ccc(F)cc2)C3=O)cc1. The molecule has 1 amide bonds. The molecule has 4 nitrogen and oxygen atoms in total. The predicted octanol–water partition coefficient (Wildman–Crippen LogP) is 5.33. The van der Waals surface area contributed by atoms with Crippen LogP contribution in [0.15, 0.2) is 66.0 Å². The maximum Gasteiger partial charge on any atom is 0.273 e. The largest absolute Gasteiger partial charge is 0.321 e. The first-order chi connectivity index (χ1) is 14.1. The van der Waals surface area contributed by atoms with Gasteiger partial charge in [0.15, 0.2) is 0 Å². The standard InChI is InChI=1S/C23H18FN3OS/c1-14-4-8-16(9-5-14)20-19-21(26-25-20)23(28)27(22(19)18-3-2-12-29-18)13-15-6-10-17(24)11-7-15/h2-12,22H,13H2,1H3,(H,25,26). The summed E-state index contributed by atoms with van der Waals surface area (Å²) in [5, 5.41) is 9.47. The van der Waals surface area contributed by atoms with Crippen molar-refractivity contribution in [2.45, 2.75) is 19.5 Å². The number of hydrogen-bond acceptors (Lipinski definition) is 3. The number of carbonyl (C=O) groups excluding carboxylic acids is 1. The molecule has 5 rings (SSSR count). The second kappa shape index (κ2) is 6.97. The first-order valence-electron chi connectivity index (χ1n) is 9.36. The number of H-pyrrole nitrogens is 1. The summed E-state index contributed by atoms with van der Waals surface area (Å²) < 4.78 is 13.3. The molecule has 1 atom stereocenters. The highest BCUT2D eigenvalue weighted by Gasteiger charge is 2.42. The minimum absolute atomic E-state index is 0.0893. The van der Waals surface area contributed by atoms with E-state index in [1.807, 2.05) is 53.6 Å². The Kier molecular flexibility index (Phi) is 4.28. The van der Waals surface area contributed by atoms with Crippen LogP contribution >= 0.6 is 11.3 Å². The smallest absolute Gasteiger partial charge is 0.273 e. The van der Waals surface area contributed by atoms with Crippen molar-refractivity contribution in [1.29, 1.82) is 0 Å². The topological polar surface area (TPSA) is 49.0 Å². The van der Waals surface area contributed by atoms with Crippen molar-refractivity contribution >= 4 is 17.2 Å². The molecule has 3 heterocycles. The van der Waals surface area contributed by atoms with Crippen LogP contribution in [0, 0.1) is 12.7 Å². The number of halogens is 1. The minimum Gasteiger partial charge on any atom is -0.321 e. The van der Waals surface area contributed by atoms with Crippen LogP contribution in [-0.4, -0.2) is 21.0 Å². The van der Waals surface area contributed by atoms with Gasteiger partial charge in [0.1, 0.15) is 11.5 Å². The highest BCUT2D eigenvalue weighted by Crippen LogP contribution is 2.44. The molecule has 1 unspecified atom stereocenters. The van der Waals surface area contributed by atoms with E-state index in [-0.39, 0.29) is 17.8 Å². The average Bonchev–Trinajstić information content (AvgIpc) is 3.44. The predicted molar refractivity (Wildman–Crippen MR) is 111 cm³/mol. The number of aryl methyl sites for hydroxylation is 1. The summed E-state index contributed by atoms with van der Waals surface area (Å²) in [6.45, 7) is 2.44. The summed E-state index contributed by atoms with van der Waals surface area (Å²) in [5.74, 6) is -0.374. The molecule has 0 spiro atoms. The first kappa shape index (κ1) is 17.8. The van der Waals surface area contributed by atoms with Crippen molar-refractivity contribution in [3.8, 4) is 11.3 Å². The van der Waals surface area contributed by atoms with Gasteiger partial charge in [-0.15, -0.1) is 11.3 Å². The number of aromatic nitrogens is 2. The van der Waals surface area contributed by atoms with Crippen LogP contribution < -0.4 is 0 Å². The van der Waals surface area contributed by atoms with E-state index in [1.54, 1.807) is 23.5 Å². The highest BCUT2D eigenvalue weighted by molar-refractivity contribution is 7.10. The van der Waals surface area contributed by atoms with E-state index in [0.29, 0.717) is 12.2 Å². The Labute approximate surface area is 171 Å². The monoisotopic (exact) mass is 403 g/mol. The van der Waals surface area contributed by atoms with Crippen molar-refractivity contribution in [2.24, 2.45) is 0 Å². The van der Waals surface area contributed by atoms with Crippen LogP contribution in [0.25, 0.3) is 11.3 Å². The summed E-state index contributed by atoms with van der Waals surface area (Å²) >= 11 is 1.62. The molecule has 0 aliphatic carbocycles. The van der Waals surface area contributed by atoms with Gasteiger partial charge in [0.2, 0.25) is 0 Å². The molecule has 2 aromatic heterocycles. The lowest BCUT2D eigenvalue weighted by Gasteiger charge is -2.25. The molecule has 144 valence electrons. The number of rotatable bonds is 4. The average molecular weight is 403 g/mol. The van der Waals surface area contributed by atoms with Crippen molar-refractivity contribution < 1.29 is 9.18 Å². The molecule has 29 heavy (non-hydrogen) atoms. The summed E-state index contributed by atoms with van der Waals surface area (Å²) in [5.41, 5.74) is 5.27. The van der Waals surface area contributed by atoms with E-state index in [2.05, 4.69) is 10.2 Å². The first-order valence-corrected chi connectivity index (χ1v) is 10.2. The third kappa shape index (κ3) is 3.06. The quantitative estimate of drug-likeness (QED) is 0.501. The Hall–Kier alpha value is -3.25. The van der Waals surface area contributed by atoms with Crippen molar-refractivity contribution in [3.63, 3.8) is 0 Å². The fraction of sp³-hybridized carbons (Fsp3) is 0.130. The zero-order chi connectivity index (χ0) is 20.0. The van der Waals surface area contributed by atoms with Gasteiger partial charge < -0.3 is 4.90 Å². The number of amides is 1. The molecule has 1 aliphatic rings. The number of nitrogens with zero attached hydrogens (tertiary/aromatic N) is 2. The molecule has 4 aromatic rings. The van der Waals surface area contributed by atoms with Gasteiger partial charge in [-0.1, -0.05) is 48.0 Å². The third-order valence-corrected chi connectivity index (χ3v) is 6.19. The fourth-order valence-corrected chi connectivity index (χ4v) is 4.67. The van der Waals surface area contributed by atoms with Crippen molar-refractivity contribution in [2.75, 3.05) is 0 Å². The Morgan fingerprint density at radius 1 is 1.10 bits per heavy atom. The van der Waals surface area contributed by atoms with E-state index in [4.69, 9.17) is 0 Å². The van der Waals surface area contributed by atoms with Crippen LogP contribution in [-0.2, 0) is 6.54 Å². The second-order valence-electron chi connectivity index (χ2n) is 7.20. The summed E-state index contributed by atoms with van der Waals surface area (Å²) in [6.07, 6.45) is 0. The summed E-state index contributed by atoms with van der Waals surface area (Å²) in [7, 11) is 0. The summed E-state index contributed by atoms with van der Waals surface area (Å²) in [6, 6.07) is 18.3. The van der Waals surface area contributed by atoms with Crippen molar-refractivity contribution in [1.82, 2.24) is 15.1 Å². The van der Waals surface area contributed by atoms with Gasteiger partial charge in [0, 0.05) is 22.5 Å². The number of carbonyl (C=O) groups is 1. The number of nitrogens with one attached hydrogen (secondary N) is 1. The molecule has 6 heteroatoms. The van der Waals surface area contributed by atoms with Crippen LogP contribution in [0.1, 0.15) is 38.1 Å². The van der Waals surface area contributed by atoms with Gasteiger partial charge in [-0.3, -0.25) is 9.89 Å². The lowest BCUT2D eigenvalue weighted by molar-refractivity contribution is 0.0732. The zero-order valence-corrected chi connectivity index (χ0v) is 16.5. The van der Waals surface area contributed by atoms with Crippen LogP contribution in [0.5, 0.6) is 0 Å². The normalized spacial score (nSPS) is 15.7. The summed E-state index contributed by atoms with van der Waals surface area (Å²) in [4.78, 5) is 16.2. The van der Waals surface area contributed by atoms with E-state index >= 15 is 0 Å². The van der Waals surface area contributed by atoms with Crippen LogP contribution in [0.4, 0.5) is 4.39 Å². The molecule has 0 saturated heterocycles. The molecular formula is C23H18FN3OS. The van der Waals surface area contributed by atoms with Gasteiger partial charge in [-0.05, 0) is 36.1 Å². The fourth-order valence-electron chi connectivity index (χ4n) is 3.82. The van der Waals surface area contributed by atoms with E-state index in [1.165, 1.54) is 17.7 Å². The molecule has 0 bridgehead atoms. The molecular weight excluding hydrogens is 385 g/mol. The minimum atomic E-state index is -0.285. The van der Waals surface area contributed by atoms with Gasteiger partial charge in [0.05, 0.1) is 11.7 Å². The molecule has 0 radical (unpaired) electrons. The molecule has 2 aromatic carbocycles. The Bertz CT molecular complexity index is 1160. The van der Waals surface area contributed by atoms with E-state index in [9.17, 15) is 9.18 Å². The highest BCUT2D eigenvalue weighted by atomic mass is 32.1. The molecule has 1 aliphatic heterocycles. The number of thiophene rings is 1.